The molecule has 0 unspecified atom stereocenters. The molecule has 0 radical (unpaired) electrons. The molecule has 0 atom stereocenters. The van der Waals surface area contributed by atoms with Gasteiger partial charge >= 0.3 is 0 Å². The van der Waals surface area contributed by atoms with Crippen LogP contribution in [-0.2, 0) is 0 Å². The van der Waals surface area contributed by atoms with Crippen molar-refractivity contribution in [2.24, 2.45) is 0 Å². The van der Waals surface area contributed by atoms with E-state index in [9.17, 15) is 0 Å². The van der Waals surface area contributed by atoms with E-state index in [-0.39, 0.29) is 0 Å². The van der Waals surface area contributed by atoms with Crippen molar-refractivity contribution in [3.05, 3.63) is 52.9 Å². The van der Waals surface area contributed by atoms with Gasteiger partial charge in [0.05, 0.1) is 10.6 Å². The third-order valence-electron chi connectivity index (χ3n) is 3.51. The zero-order valence-electron chi connectivity index (χ0n) is 12.5. The van der Waals surface area contributed by atoms with Gasteiger partial charge in [-0.2, -0.15) is 5.10 Å². The first-order valence-corrected chi connectivity index (χ1v) is 7.90. The molecule has 0 aliphatic rings. The molecule has 21 heavy (non-hydrogen) atoms. The molecular weight excluding hydrogens is 278 g/mol. The molecule has 2 heterocycles. The van der Waals surface area contributed by atoms with Crippen LogP contribution in [0.4, 0.5) is 5.82 Å². The van der Waals surface area contributed by atoms with E-state index in [0.717, 1.165) is 22.8 Å². The van der Waals surface area contributed by atoms with Crippen LogP contribution in [0.15, 0.2) is 42.5 Å². The highest BCUT2D eigenvalue weighted by molar-refractivity contribution is 7.15. The number of thiophene rings is 1. The van der Waals surface area contributed by atoms with Crippen molar-refractivity contribution in [1.82, 2.24) is 9.78 Å². The Morgan fingerprint density at radius 2 is 1.81 bits per heavy atom. The zero-order chi connectivity index (χ0) is 15.0. The van der Waals surface area contributed by atoms with Crippen molar-refractivity contribution in [3.63, 3.8) is 0 Å². The van der Waals surface area contributed by atoms with Gasteiger partial charge in [-0.15, -0.1) is 11.3 Å². The Labute approximate surface area is 129 Å². The number of nitrogens with two attached hydrogens (primary N) is 1. The summed E-state index contributed by atoms with van der Waals surface area (Å²) in [5, 5.41) is 4.79. The number of nitrogen functional groups attached to an aromatic ring is 1. The summed E-state index contributed by atoms with van der Waals surface area (Å²) >= 11 is 1.76. The molecule has 0 aliphatic carbocycles. The van der Waals surface area contributed by atoms with Crippen LogP contribution in [0.25, 0.3) is 16.3 Å². The molecule has 0 spiro atoms. The number of hydrogen-bond acceptors (Lipinski definition) is 3. The second-order valence-corrected chi connectivity index (χ2v) is 6.75. The predicted octanol–water partition coefficient (Wildman–Crippen LogP) is 4.61. The predicted molar refractivity (Wildman–Crippen MR) is 90.1 cm³/mol. The van der Waals surface area contributed by atoms with Crippen molar-refractivity contribution >= 4 is 17.2 Å². The van der Waals surface area contributed by atoms with E-state index in [1.165, 1.54) is 9.75 Å². The van der Waals surface area contributed by atoms with Crippen LogP contribution in [-0.4, -0.2) is 9.78 Å². The lowest BCUT2D eigenvalue weighted by atomic mass is 10.0. The highest BCUT2D eigenvalue weighted by atomic mass is 32.1. The molecule has 3 rings (SSSR count). The molecule has 0 saturated heterocycles. The summed E-state index contributed by atoms with van der Waals surface area (Å²) in [6.07, 6.45) is 0. The highest BCUT2D eigenvalue weighted by Gasteiger charge is 2.21. The fourth-order valence-corrected chi connectivity index (χ4v) is 3.39. The summed E-state index contributed by atoms with van der Waals surface area (Å²) in [6.45, 7) is 6.43. The largest absolute Gasteiger partial charge is 0.383 e. The summed E-state index contributed by atoms with van der Waals surface area (Å²) < 4.78 is 1.85. The van der Waals surface area contributed by atoms with E-state index in [4.69, 9.17) is 10.8 Å². The summed E-state index contributed by atoms with van der Waals surface area (Å²) in [6, 6.07) is 14.3. The first-order valence-electron chi connectivity index (χ1n) is 7.08. The molecule has 0 aliphatic heterocycles. The standard InChI is InChI=1S/C17H19N3S/c1-11(2)15-16(14-10-9-12(3)21-14)19-20(17(15)18)13-7-5-4-6-8-13/h4-11H,18H2,1-3H3. The van der Waals surface area contributed by atoms with Gasteiger partial charge in [0.1, 0.15) is 11.5 Å². The van der Waals surface area contributed by atoms with Crippen LogP contribution >= 0.6 is 11.3 Å². The van der Waals surface area contributed by atoms with E-state index in [0.29, 0.717) is 5.92 Å². The van der Waals surface area contributed by atoms with Crippen molar-refractivity contribution in [2.45, 2.75) is 26.7 Å². The van der Waals surface area contributed by atoms with Crippen molar-refractivity contribution < 1.29 is 0 Å². The summed E-state index contributed by atoms with van der Waals surface area (Å²) in [5.41, 5.74) is 9.51. The van der Waals surface area contributed by atoms with Gasteiger partial charge in [-0.05, 0) is 37.1 Å². The topological polar surface area (TPSA) is 43.8 Å². The Kier molecular flexibility index (Phi) is 3.55. The number of aryl methyl sites for hydroxylation is 1. The smallest absolute Gasteiger partial charge is 0.131 e. The number of nitrogens with zero attached hydrogens (tertiary/aromatic N) is 2. The average molecular weight is 297 g/mol. The lowest BCUT2D eigenvalue weighted by Gasteiger charge is -2.07. The minimum absolute atomic E-state index is 0.333. The Morgan fingerprint density at radius 3 is 2.38 bits per heavy atom. The average Bonchev–Trinajstić information content (AvgIpc) is 3.03. The second-order valence-electron chi connectivity index (χ2n) is 5.46. The molecule has 0 fully saturated rings. The maximum atomic E-state index is 6.39. The highest BCUT2D eigenvalue weighted by Crippen LogP contribution is 2.37. The lowest BCUT2D eigenvalue weighted by Crippen LogP contribution is -2.03. The number of aromatic nitrogens is 2. The maximum Gasteiger partial charge on any atom is 0.131 e. The van der Waals surface area contributed by atoms with Gasteiger partial charge in [-0.25, -0.2) is 4.68 Å². The molecule has 108 valence electrons. The Balaban J connectivity index is 2.21. The van der Waals surface area contributed by atoms with Crippen molar-refractivity contribution in [2.75, 3.05) is 5.73 Å². The molecule has 2 N–H and O–H groups in total. The maximum absolute atomic E-state index is 6.39. The van der Waals surface area contributed by atoms with Crippen molar-refractivity contribution in [3.8, 4) is 16.3 Å². The van der Waals surface area contributed by atoms with Gasteiger partial charge in [-0.1, -0.05) is 32.0 Å². The van der Waals surface area contributed by atoms with Crippen LogP contribution in [0.5, 0.6) is 0 Å². The minimum Gasteiger partial charge on any atom is -0.383 e. The van der Waals surface area contributed by atoms with Crippen LogP contribution in [0.1, 0.15) is 30.2 Å². The molecule has 1 aromatic carbocycles. The third-order valence-corrected chi connectivity index (χ3v) is 4.52. The van der Waals surface area contributed by atoms with Gasteiger partial charge in [0.2, 0.25) is 0 Å². The Hall–Kier alpha value is -2.07. The van der Waals surface area contributed by atoms with Gasteiger partial charge in [0, 0.05) is 10.4 Å². The van der Waals surface area contributed by atoms with E-state index < -0.39 is 0 Å². The molecule has 0 bridgehead atoms. The number of hydrogen-bond donors (Lipinski definition) is 1. The molecule has 4 heteroatoms. The first-order chi connectivity index (χ1) is 10.1. The van der Waals surface area contributed by atoms with Crippen LogP contribution < -0.4 is 5.73 Å². The first kappa shape index (κ1) is 13.9. The fraction of sp³-hybridized carbons (Fsp3) is 0.235. The number of benzene rings is 1. The normalized spacial score (nSPS) is 11.2. The summed E-state index contributed by atoms with van der Waals surface area (Å²) in [4.78, 5) is 2.46. The quantitative estimate of drug-likeness (QED) is 0.767. The number of rotatable bonds is 3. The molecule has 3 nitrogen and oxygen atoms in total. The van der Waals surface area contributed by atoms with E-state index in [1.54, 1.807) is 11.3 Å². The number of anilines is 1. The van der Waals surface area contributed by atoms with Gasteiger partial charge in [-0.3, -0.25) is 0 Å². The molecule has 0 amide bonds. The molecule has 2 aromatic heterocycles. The molecule has 0 saturated carbocycles. The van der Waals surface area contributed by atoms with Crippen LogP contribution in [0.2, 0.25) is 0 Å². The third kappa shape index (κ3) is 2.47. The summed E-state index contributed by atoms with van der Waals surface area (Å²) in [5.74, 6) is 1.07. The lowest BCUT2D eigenvalue weighted by molar-refractivity contribution is 0.868. The fourth-order valence-electron chi connectivity index (χ4n) is 2.52. The van der Waals surface area contributed by atoms with Crippen LogP contribution in [0.3, 0.4) is 0 Å². The van der Waals surface area contributed by atoms with E-state index in [2.05, 4.69) is 32.9 Å². The minimum atomic E-state index is 0.333. The van der Waals surface area contributed by atoms with E-state index in [1.807, 2.05) is 35.0 Å². The monoisotopic (exact) mass is 297 g/mol. The van der Waals surface area contributed by atoms with Gasteiger partial charge in [0.15, 0.2) is 0 Å². The summed E-state index contributed by atoms with van der Waals surface area (Å²) in [7, 11) is 0. The van der Waals surface area contributed by atoms with E-state index >= 15 is 0 Å². The van der Waals surface area contributed by atoms with Crippen LogP contribution in [0, 0.1) is 6.92 Å². The number of para-hydroxylation sites is 1. The molecular formula is C17H19N3S. The second kappa shape index (κ2) is 5.37. The molecule has 3 aromatic rings. The van der Waals surface area contributed by atoms with Crippen molar-refractivity contribution in [1.29, 1.82) is 0 Å². The SMILES string of the molecule is Cc1ccc(-c2nn(-c3ccccc3)c(N)c2C(C)C)s1. The Bertz CT molecular complexity index is 754. The zero-order valence-corrected chi connectivity index (χ0v) is 13.3. The van der Waals surface area contributed by atoms with Gasteiger partial charge in [0.25, 0.3) is 0 Å². The van der Waals surface area contributed by atoms with Gasteiger partial charge < -0.3 is 5.73 Å². The Morgan fingerprint density at radius 1 is 1.10 bits per heavy atom.